The third-order valence-electron chi connectivity index (χ3n) is 5.43. The average molecular weight is 559 g/mol. The Labute approximate surface area is 224 Å². The van der Waals surface area contributed by atoms with Crippen molar-refractivity contribution in [3.05, 3.63) is 78.0 Å². The third-order valence-corrected chi connectivity index (χ3v) is 7.34. The van der Waals surface area contributed by atoms with E-state index in [0.29, 0.717) is 22.3 Å². The lowest BCUT2D eigenvalue weighted by molar-refractivity contribution is 0.0682. The number of pyridine rings is 1. The maximum absolute atomic E-state index is 13.5. The van der Waals surface area contributed by atoms with Crippen LogP contribution in [0.25, 0.3) is 11.3 Å². The molecule has 9 nitrogen and oxygen atoms in total. The Morgan fingerprint density at radius 3 is 2.49 bits per heavy atom. The summed E-state index contributed by atoms with van der Waals surface area (Å²) in [6.07, 6.45) is 0. The summed E-state index contributed by atoms with van der Waals surface area (Å²) in [4.78, 5) is 52.1. The lowest BCUT2D eigenvalue weighted by atomic mass is 9.96. The van der Waals surface area contributed by atoms with Gasteiger partial charge in [-0.15, -0.1) is 11.3 Å². The van der Waals surface area contributed by atoms with Gasteiger partial charge in [-0.25, -0.2) is 4.79 Å². The van der Waals surface area contributed by atoms with Crippen LogP contribution < -0.4 is 10.9 Å². The van der Waals surface area contributed by atoms with E-state index in [4.69, 9.17) is 11.6 Å². The van der Waals surface area contributed by atoms with E-state index in [-0.39, 0.29) is 22.9 Å². The van der Waals surface area contributed by atoms with Crippen molar-refractivity contribution in [1.82, 2.24) is 14.3 Å². The van der Waals surface area contributed by atoms with Gasteiger partial charge in [-0.05, 0) is 35.7 Å². The number of hydrogen-bond acceptors (Lipinski definition) is 8. The van der Waals surface area contributed by atoms with Gasteiger partial charge in [0.25, 0.3) is 11.5 Å². The minimum absolute atomic E-state index is 0.0609. The van der Waals surface area contributed by atoms with Gasteiger partial charge in [0.2, 0.25) is 0 Å². The van der Waals surface area contributed by atoms with Gasteiger partial charge in [-0.2, -0.15) is 21.1 Å². The van der Waals surface area contributed by atoms with Crippen molar-refractivity contribution in [2.45, 2.75) is 33.9 Å². The summed E-state index contributed by atoms with van der Waals surface area (Å²) in [5.74, 6) is -1.68. The molecule has 4 aromatic rings. The first-order chi connectivity index (χ1) is 17.5. The highest BCUT2D eigenvalue weighted by Crippen LogP contribution is 2.27. The molecule has 0 bridgehead atoms. The third kappa shape index (κ3) is 5.74. The predicted molar refractivity (Wildman–Crippen MR) is 144 cm³/mol. The number of nitrogens with zero attached hydrogens (tertiary/aromatic N) is 3. The zero-order chi connectivity index (χ0) is 26.9. The van der Waals surface area contributed by atoms with E-state index in [1.165, 1.54) is 39.5 Å². The lowest BCUT2D eigenvalue weighted by Gasteiger charge is -2.18. The molecule has 4 heterocycles. The maximum atomic E-state index is 13.5. The molecule has 4 rings (SSSR count). The van der Waals surface area contributed by atoms with Crippen LogP contribution in [0, 0.1) is 5.41 Å². The fourth-order valence-electron chi connectivity index (χ4n) is 3.51. The number of thiophene rings is 2. The molecule has 0 fully saturated rings. The molecule has 0 amide bonds. The Balaban J connectivity index is 1.77. The lowest BCUT2D eigenvalue weighted by Crippen LogP contribution is -2.30. The van der Waals surface area contributed by atoms with Crippen molar-refractivity contribution in [2.75, 3.05) is 5.32 Å². The van der Waals surface area contributed by atoms with Crippen molar-refractivity contribution >= 4 is 57.8 Å². The first-order valence-corrected chi connectivity index (χ1v) is 13.3. The molecule has 0 unspecified atom stereocenters. The number of halogens is 1. The topological polar surface area (TPSA) is 123 Å². The van der Waals surface area contributed by atoms with Crippen LogP contribution in [0.4, 0.5) is 5.82 Å². The second-order valence-corrected chi connectivity index (χ2v) is 11.8. The summed E-state index contributed by atoms with van der Waals surface area (Å²) in [6, 6.07) is 9.40. The Kier molecular flexibility index (Phi) is 7.49. The Morgan fingerprint density at radius 1 is 1.14 bits per heavy atom. The molecule has 2 N–H and O–H groups in total. The van der Waals surface area contributed by atoms with Gasteiger partial charge in [-0.1, -0.05) is 32.4 Å². The number of nitrogens with one attached hydrogen (secondary N) is 1. The van der Waals surface area contributed by atoms with Crippen LogP contribution >= 0.6 is 34.3 Å². The van der Waals surface area contributed by atoms with E-state index in [1.54, 1.807) is 49.7 Å². The number of carbonyl (C=O) groups is 3. The van der Waals surface area contributed by atoms with Crippen LogP contribution in [0.5, 0.6) is 0 Å². The van der Waals surface area contributed by atoms with Gasteiger partial charge < -0.3 is 10.4 Å². The summed E-state index contributed by atoms with van der Waals surface area (Å²) in [7, 11) is 0. The average Bonchev–Trinajstić information content (AvgIpc) is 3.58. The minimum atomic E-state index is -1.34. The van der Waals surface area contributed by atoms with E-state index >= 15 is 0 Å². The summed E-state index contributed by atoms with van der Waals surface area (Å²) >= 11 is 8.74. The molecule has 0 spiro atoms. The minimum Gasteiger partial charge on any atom is -0.477 e. The molecule has 0 aliphatic carbocycles. The first kappa shape index (κ1) is 26.5. The van der Waals surface area contributed by atoms with Crippen molar-refractivity contribution in [1.29, 1.82) is 0 Å². The molecule has 0 saturated heterocycles. The molecule has 0 atom stereocenters. The number of carboxylic acid groups (broad SMARTS) is 1. The van der Waals surface area contributed by atoms with Crippen LogP contribution in [-0.2, 0) is 13.1 Å². The number of rotatable bonds is 8. The molecule has 4 aromatic heterocycles. The molecular weight excluding hydrogens is 536 g/mol. The van der Waals surface area contributed by atoms with Crippen LogP contribution in [-0.4, -0.2) is 37.1 Å². The Morgan fingerprint density at radius 2 is 1.89 bits per heavy atom. The van der Waals surface area contributed by atoms with Crippen molar-refractivity contribution in [2.24, 2.45) is 5.41 Å². The van der Waals surface area contributed by atoms with Crippen molar-refractivity contribution in [3.8, 4) is 11.3 Å². The van der Waals surface area contributed by atoms with Crippen LogP contribution in [0.15, 0.2) is 52.0 Å². The van der Waals surface area contributed by atoms with Gasteiger partial charge in [0, 0.05) is 27.3 Å². The van der Waals surface area contributed by atoms with E-state index in [1.807, 2.05) is 6.07 Å². The summed E-state index contributed by atoms with van der Waals surface area (Å²) in [5.41, 5.74) is -1.18. The molecule has 0 aromatic carbocycles. The molecule has 37 heavy (non-hydrogen) atoms. The summed E-state index contributed by atoms with van der Waals surface area (Å²) in [6.45, 7) is 5.19. The number of carboxylic acids is 1. The number of hydrogen-bond donors (Lipinski definition) is 2. The zero-order valence-electron chi connectivity index (χ0n) is 20.1. The van der Waals surface area contributed by atoms with E-state index in [2.05, 4.69) is 10.4 Å². The number of aromatic nitrogens is 3. The van der Waals surface area contributed by atoms with E-state index < -0.39 is 29.3 Å². The molecule has 0 radical (unpaired) electrons. The molecular formula is C25H23ClN4O5S2. The maximum Gasteiger partial charge on any atom is 0.352 e. The number of ketones is 1. The van der Waals surface area contributed by atoms with Crippen molar-refractivity contribution in [3.63, 3.8) is 0 Å². The SMILES string of the molecule is CC(C)(C)C(=O)n1nc(-c2ccc(C(=O)O)n(CC(=O)c3ccsc3)c2=O)cc1NCc1ccc(Cl)s1. The van der Waals surface area contributed by atoms with Gasteiger partial charge in [0.15, 0.2) is 5.78 Å². The summed E-state index contributed by atoms with van der Waals surface area (Å²) in [5, 5.41) is 20.6. The molecule has 0 saturated carbocycles. The highest BCUT2D eigenvalue weighted by molar-refractivity contribution is 7.16. The predicted octanol–water partition coefficient (Wildman–Crippen LogP) is 5.37. The zero-order valence-corrected chi connectivity index (χ0v) is 22.5. The normalized spacial score (nSPS) is 11.5. The highest BCUT2D eigenvalue weighted by Gasteiger charge is 2.28. The quantitative estimate of drug-likeness (QED) is 0.279. The van der Waals surface area contributed by atoms with Crippen molar-refractivity contribution < 1.29 is 19.5 Å². The van der Waals surface area contributed by atoms with Gasteiger partial charge in [-0.3, -0.25) is 19.0 Å². The molecule has 12 heteroatoms. The van der Waals surface area contributed by atoms with Gasteiger partial charge in [0.05, 0.1) is 23.0 Å². The monoisotopic (exact) mass is 558 g/mol. The highest BCUT2D eigenvalue weighted by atomic mass is 35.5. The Hall–Kier alpha value is -3.54. The number of carbonyl (C=O) groups excluding carboxylic acids is 2. The molecule has 0 aliphatic rings. The smallest absolute Gasteiger partial charge is 0.352 e. The van der Waals surface area contributed by atoms with E-state index in [0.717, 1.165) is 9.44 Å². The first-order valence-electron chi connectivity index (χ1n) is 11.1. The second kappa shape index (κ2) is 10.4. The fourth-order valence-corrected chi connectivity index (χ4v) is 5.20. The van der Waals surface area contributed by atoms with E-state index in [9.17, 15) is 24.3 Å². The largest absolute Gasteiger partial charge is 0.477 e. The number of anilines is 1. The fraction of sp³-hybridized carbons (Fsp3) is 0.240. The summed E-state index contributed by atoms with van der Waals surface area (Å²) < 4.78 is 2.76. The number of Topliss-reactive ketones (excluding diaryl/α,β-unsaturated/α-hetero) is 1. The Bertz CT molecular complexity index is 1540. The van der Waals surface area contributed by atoms with Gasteiger partial charge in [0.1, 0.15) is 17.2 Å². The van der Waals surface area contributed by atoms with Crippen LogP contribution in [0.3, 0.4) is 0 Å². The van der Waals surface area contributed by atoms with Crippen LogP contribution in [0.1, 0.15) is 51.3 Å². The van der Waals surface area contributed by atoms with Crippen LogP contribution in [0.2, 0.25) is 4.34 Å². The standard InChI is InChI=1S/C25H23ClN4O5S2/c1-25(2,3)24(35)30-21(27-11-15-4-7-20(26)37-15)10-17(28-30)16-5-6-18(23(33)34)29(22(16)32)12-19(31)14-8-9-36-13-14/h4-10,13,27H,11-12H2,1-3H3,(H,33,34). The number of aromatic carboxylic acids is 1. The molecule has 192 valence electrons. The van der Waals surface area contributed by atoms with Gasteiger partial charge >= 0.3 is 5.97 Å². The molecule has 0 aliphatic heterocycles. The second-order valence-electron chi connectivity index (χ2n) is 9.21.